The summed E-state index contributed by atoms with van der Waals surface area (Å²) in [4.78, 5) is 25.7. The summed E-state index contributed by atoms with van der Waals surface area (Å²) in [7, 11) is 0. The Kier molecular flexibility index (Phi) is 7.45. The molecule has 2 aromatic carbocycles. The molecule has 7 heteroatoms. The number of amides is 1. The second-order valence-electron chi connectivity index (χ2n) is 6.86. The highest BCUT2D eigenvalue weighted by Crippen LogP contribution is 2.32. The van der Waals surface area contributed by atoms with Crippen molar-refractivity contribution < 1.29 is 28.7 Å². The Hall–Kier alpha value is -3.32. The normalized spacial score (nSPS) is 12.4. The van der Waals surface area contributed by atoms with Gasteiger partial charge < -0.3 is 24.4 Å². The van der Waals surface area contributed by atoms with E-state index < -0.39 is 0 Å². The summed E-state index contributed by atoms with van der Waals surface area (Å²) in [5.41, 5.74) is 1.89. The molecule has 2 N–H and O–H groups in total. The topological polar surface area (TPSA) is 78.3 Å². The summed E-state index contributed by atoms with van der Waals surface area (Å²) in [5.74, 6) is 0.732. The molecule has 30 heavy (non-hydrogen) atoms. The van der Waals surface area contributed by atoms with Gasteiger partial charge in [0.15, 0.2) is 11.5 Å². The Balaban J connectivity index is 1.48. The number of hydrogen-bond acceptors (Lipinski definition) is 5. The zero-order valence-corrected chi connectivity index (χ0v) is 17.3. The van der Waals surface area contributed by atoms with Gasteiger partial charge in [-0.25, -0.2) is 4.79 Å². The fourth-order valence-electron chi connectivity index (χ4n) is 3.04. The lowest BCUT2D eigenvalue weighted by molar-refractivity contribution is -0.896. The molecule has 0 spiro atoms. The van der Waals surface area contributed by atoms with Crippen molar-refractivity contribution in [2.75, 3.05) is 38.4 Å². The van der Waals surface area contributed by atoms with Crippen LogP contribution in [-0.2, 0) is 9.53 Å². The minimum atomic E-state index is -0.359. The minimum absolute atomic E-state index is 0.212. The predicted octanol–water partition coefficient (Wildman–Crippen LogP) is 2.15. The fraction of sp³-hybridized carbons (Fsp3) is 0.304. The molecule has 0 aliphatic carbocycles. The SMILES string of the molecule is CC[NH+](CC)CCOC(=O)c1ccc(NC(=O)/C=C/c2ccc3c(c2)OCO3)cc1. The molecular formula is C23H27N2O5+. The Morgan fingerprint density at radius 3 is 2.53 bits per heavy atom. The van der Waals surface area contributed by atoms with E-state index in [0.717, 1.165) is 25.2 Å². The number of benzene rings is 2. The van der Waals surface area contributed by atoms with Crippen LogP contribution in [0.15, 0.2) is 48.5 Å². The van der Waals surface area contributed by atoms with Crippen molar-refractivity contribution >= 4 is 23.6 Å². The zero-order chi connectivity index (χ0) is 21.3. The largest absolute Gasteiger partial charge is 0.456 e. The third-order valence-electron chi connectivity index (χ3n) is 4.90. The van der Waals surface area contributed by atoms with Gasteiger partial charge in [-0.3, -0.25) is 4.79 Å². The van der Waals surface area contributed by atoms with Crippen molar-refractivity contribution in [2.45, 2.75) is 13.8 Å². The van der Waals surface area contributed by atoms with Crippen molar-refractivity contribution in [3.63, 3.8) is 0 Å². The first kappa shape index (κ1) is 21.4. The van der Waals surface area contributed by atoms with Gasteiger partial charge in [-0.2, -0.15) is 0 Å². The molecule has 0 saturated carbocycles. The predicted molar refractivity (Wildman–Crippen MR) is 114 cm³/mol. The van der Waals surface area contributed by atoms with Crippen molar-refractivity contribution in [2.24, 2.45) is 0 Å². The standard InChI is InChI=1S/C23H26N2O5/c1-3-25(4-2)13-14-28-23(27)18-7-9-19(10-8-18)24-22(26)12-6-17-5-11-20-21(15-17)30-16-29-20/h5-12,15H,3-4,13-14,16H2,1-2H3,(H,24,26)/p+1/b12-6+. The lowest BCUT2D eigenvalue weighted by Crippen LogP contribution is -3.11. The first-order chi connectivity index (χ1) is 14.6. The number of anilines is 1. The molecule has 1 aliphatic rings. The number of carbonyl (C=O) groups is 2. The van der Waals surface area contributed by atoms with Crippen LogP contribution in [0.1, 0.15) is 29.8 Å². The first-order valence-corrected chi connectivity index (χ1v) is 10.1. The lowest BCUT2D eigenvalue weighted by atomic mass is 10.2. The van der Waals surface area contributed by atoms with Crippen LogP contribution < -0.4 is 19.7 Å². The van der Waals surface area contributed by atoms with E-state index in [1.807, 2.05) is 12.1 Å². The molecule has 0 atom stereocenters. The number of nitrogens with one attached hydrogen (secondary N) is 2. The van der Waals surface area contributed by atoms with Gasteiger partial charge in [-0.15, -0.1) is 0 Å². The van der Waals surface area contributed by atoms with E-state index in [2.05, 4.69) is 19.2 Å². The van der Waals surface area contributed by atoms with Gasteiger partial charge in [0.1, 0.15) is 13.2 Å². The third kappa shape index (κ3) is 5.84. The van der Waals surface area contributed by atoms with E-state index in [1.54, 1.807) is 36.4 Å². The zero-order valence-electron chi connectivity index (χ0n) is 17.3. The van der Waals surface area contributed by atoms with Crippen molar-refractivity contribution in [3.05, 3.63) is 59.7 Å². The lowest BCUT2D eigenvalue weighted by Gasteiger charge is -2.15. The number of quaternary nitrogens is 1. The van der Waals surface area contributed by atoms with E-state index in [0.29, 0.717) is 29.4 Å². The number of fused-ring (bicyclic) bond motifs is 1. The van der Waals surface area contributed by atoms with Crippen molar-refractivity contribution in [1.82, 2.24) is 0 Å². The maximum atomic E-state index is 12.2. The van der Waals surface area contributed by atoms with Crippen LogP contribution in [0.5, 0.6) is 11.5 Å². The monoisotopic (exact) mass is 411 g/mol. The maximum Gasteiger partial charge on any atom is 0.338 e. The molecule has 158 valence electrons. The number of esters is 1. The molecule has 0 aromatic heterocycles. The average Bonchev–Trinajstić information content (AvgIpc) is 3.23. The average molecular weight is 411 g/mol. The van der Waals surface area contributed by atoms with Gasteiger partial charge >= 0.3 is 5.97 Å². The Labute approximate surface area is 176 Å². The molecule has 1 amide bonds. The number of carbonyl (C=O) groups excluding carboxylic acids is 2. The van der Waals surface area contributed by atoms with Crippen LogP contribution in [0.2, 0.25) is 0 Å². The summed E-state index contributed by atoms with van der Waals surface area (Å²) >= 11 is 0. The van der Waals surface area contributed by atoms with Crippen LogP contribution in [-0.4, -0.2) is 44.9 Å². The Morgan fingerprint density at radius 1 is 1.07 bits per heavy atom. The minimum Gasteiger partial charge on any atom is -0.456 e. The van der Waals surface area contributed by atoms with Gasteiger partial charge in [0, 0.05) is 11.8 Å². The van der Waals surface area contributed by atoms with Crippen LogP contribution in [0.3, 0.4) is 0 Å². The first-order valence-electron chi connectivity index (χ1n) is 10.1. The molecule has 0 bridgehead atoms. The highest BCUT2D eigenvalue weighted by molar-refractivity contribution is 6.02. The molecule has 0 radical (unpaired) electrons. The second-order valence-corrected chi connectivity index (χ2v) is 6.86. The number of likely N-dealkylation sites (N-methyl/N-ethyl adjacent to an activating group) is 1. The molecule has 1 heterocycles. The Bertz CT molecular complexity index is 904. The van der Waals surface area contributed by atoms with Gasteiger partial charge in [-0.05, 0) is 61.9 Å². The van der Waals surface area contributed by atoms with Gasteiger partial charge in [0.2, 0.25) is 12.7 Å². The molecule has 1 aliphatic heterocycles. The van der Waals surface area contributed by atoms with E-state index >= 15 is 0 Å². The summed E-state index contributed by atoms with van der Waals surface area (Å²) < 4.78 is 15.9. The van der Waals surface area contributed by atoms with Gasteiger partial charge in [0.05, 0.1) is 18.7 Å². The van der Waals surface area contributed by atoms with E-state index in [9.17, 15) is 9.59 Å². The number of ether oxygens (including phenoxy) is 3. The second kappa shape index (κ2) is 10.5. The van der Waals surface area contributed by atoms with Crippen molar-refractivity contribution in [1.29, 1.82) is 0 Å². The van der Waals surface area contributed by atoms with Crippen molar-refractivity contribution in [3.8, 4) is 11.5 Å². The molecule has 7 nitrogen and oxygen atoms in total. The van der Waals surface area contributed by atoms with E-state index in [1.165, 1.54) is 11.0 Å². The molecular weight excluding hydrogens is 384 g/mol. The summed E-state index contributed by atoms with van der Waals surface area (Å²) in [6.45, 7) is 7.62. The summed E-state index contributed by atoms with van der Waals surface area (Å²) in [6, 6.07) is 12.1. The highest BCUT2D eigenvalue weighted by atomic mass is 16.7. The highest BCUT2D eigenvalue weighted by Gasteiger charge is 2.12. The smallest absolute Gasteiger partial charge is 0.338 e. The fourth-order valence-corrected chi connectivity index (χ4v) is 3.04. The van der Waals surface area contributed by atoms with E-state index in [4.69, 9.17) is 14.2 Å². The Morgan fingerprint density at radius 2 is 1.80 bits per heavy atom. The molecule has 0 unspecified atom stereocenters. The van der Waals surface area contributed by atoms with Crippen LogP contribution in [0, 0.1) is 0 Å². The third-order valence-corrected chi connectivity index (χ3v) is 4.90. The van der Waals surface area contributed by atoms with E-state index in [-0.39, 0.29) is 18.7 Å². The molecule has 0 fully saturated rings. The van der Waals surface area contributed by atoms with Crippen LogP contribution >= 0.6 is 0 Å². The number of hydrogen-bond donors (Lipinski definition) is 2. The molecule has 0 saturated heterocycles. The molecule has 3 rings (SSSR count). The van der Waals surface area contributed by atoms with Gasteiger partial charge in [-0.1, -0.05) is 6.07 Å². The van der Waals surface area contributed by atoms with Crippen LogP contribution in [0.4, 0.5) is 5.69 Å². The summed E-state index contributed by atoms with van der Waals surface area (Å²) in [5, 5.41) is 2.77. The van der Waals surface area contributed by atoms with Gasteiger partial charge in [0.25, 0.3) is 0 Å². The number of rotatable bonds is 9. The van der Waals surface area contributed by atoms with Crippen LogP contribution in [0.25, 0.3) is 6.08 Å². The quantitative estimate of drug-likeness (QED) is 0.488. The summed E-state index contributed by atoms with van der Waals surface area (Å²) in [6.07, 6.45) is 3.14. The maximum absolute atomic E-state index is 12.2. The molecule has 2 aromatic rings.